The van der Waals surface area contributed by atoms with Crippen molar-refractivity contribution in [1.82, 2.24) is 14.9 Å². The molecule has 0 radical (unpaired) electrons. The van der Waals surface area contributed by atoms with Crippen molar-refractivity contribution in [2.45, 2.75) is 97.4 Å². The van der Waals surface area contributed by atoms with E-state index in [2.05, 4.69) is 5.32 Å². The molecule has 1 saturated carbocycles. The molecule has 3 atom stereocenters. The van der Waals surface area contributed by atoms with E-state index < -0.39 is 35.4 Å². The highest BCUT2D eigenvalue weighted by molar-refractivity contribution is 7.14. The lowest BCUT2D eigenvalue weighted by molar-refractivity contribution is -0.157. The number of aliphatic carboxylic acids is 1. The lowest BCUT2D eigenvalue weighted by atomic mass is 9.77. The van der Waals surface area contributed by atoms with Crippen LogP contribution in [0.5, 0.6) is 11.5 Å². The number of carboxylic acids is 1. The molecule has 1 aromatic carbocycles. The zero-order chi connectivity index (χ0) is 33.2. The van der Waals surface area contributed by atoms with Crippen molar-refractivity contribution >= 4 is 45.2 Å². The maximum absolute atomic E-state index is 14.0. The summed E-state index contributed by atoms with van der Waals surface area (Å²) in [5, 5.41) is 16.9. The SMILES string of the molecule is COc1ccc2c(O[C@@H]3C[C@@H](C(=O)O)N(C(=O)[C@@H](CC(=O)OC4CCCC4)C(C)(C)C)C3)cc(-c3csc(NC(C)C)n3)nc2c1. The summed E-state index contributed by atoms with van der Waals surface area (Å²) in [6.07, 6.45) is 3.00. The fraction of sp³-hybridized carbons (Fsp3) is 0.559. The molecular formula is C34H44N4O7S. The van der Waals surface area contributed by atoms with Gasteiger partial charge in [0, 0.05) is 35.4 Å². The number of benzene rings is 1. The van der Waals surface area contributed by atoms with Crippen LogP contribution in [-0.4, -0.2) is 75.8 Å². The lowest BCUT2D eigenvalue weighted by Gasteiger charge is -2.34. The number of thiazole rings is 1. The number of hydrogen-bond acceptors (Lipinski definition) is 10. The van der Waals surface area contributed by atoms with Crippen LogP contribution in [0.1, 0.15) is 73.1 Å². The molecule has 1 aliphatic carbocycles. The number of likely N-dealkylation sites (tertiary alicyclic amines) is 1. The summed E-state index contributed by atoms with van der Waals surface area (Å²) in [6, 6.07) is 6.41. The zero-order valence-corrected chi connectivity index (χ0v) is 28.2. The molecule has 3 aromatic rings. The van der Waals surface area contributed by atoms with Gasteiger partial charge in [0.25, 0.3) is 0 Å². The molecule has 1 aliphatic heterocycles. The van der Waals surface area contributed by atoms with Gasteiger partial charge in [-0.3, -0.25) is 9.59 Å². The van der Waals surface area contributed by atoms with Crippen LogP contribution in [0.15, 0.2) is 29.6 Å². The fourth-order valence-electron chi connectivity index (χ4n) is 6.15. The number of carbonyl (C=O) groups is 3. The zero-order valence-electron chi connectivity index (χ0n) is 27.4. The third-order valence-corrected chi connectivity index (χ3v) is 9.37. The average molecular weight is 653 g/mol. The number of amides is 1. The van der Waals surface area contributed by atoms with Gasteiger partial charge in [-0.25, -0.2) is 14.8 Å². The molecular weight excluding hydrogens is 608 g/mol. The molecule has 2 aliphatic rings. The van der Waals surface area contributed by atoms with E-state index in [1.165, 1.54) is 16.2 Å². The summed E-state index contributed by atoms with van der Waals surface area (Å²) in [6.45, 7) is 9.81. The summed E-state index contributed by atoms with van der Waals surface area (Å²) in [4.78, 5) is 50.3. The topological polar surface area (TPSA) is 140 Å². The molecule has 2 N–H and O–H groups in total. The number of pyridine rings is 1. The number of carboxylic acid groups (broad SMARTS) is 1. The predicted octanol–water partition coefficient (Wildman–Crippen LogP) is 6.16. The van der Waals surface area contributed by atoms with Crippen LogP contribution < -0.4 is 14.8 Å². The van der Waals surface area contributed by atoms with Gasteiger partial charge >= 0.3 is 11.9 Å². The predicted molar refractivity (Wildman–Crippen MR) is 176 cm³/mol. The number of anilines is 1. The Balaban J connectivity index is 1.41. The first-order valence-corrected chi connectivity index (χ1v) is 16.8. The Morgan fingerprint density at radius 2 is 1.83 bits per heavy atom. The van der Waals surface area contributed by atoms with Crippen LogP contribution in [0.2, 0.25) is 0 Å². The van der Waals surface area contributed by atoms with E-state index in [9.17, 15) is 19.5 Å². The molecule has 0 unspecified atom stereocenters. The standard InChI is InChI=1S/C34H44N4O7S/c1-19(2)35-33-37-27(18-46-33)26-16-29(23-12-11-21(43-6)13-25(23)36-26)44-22-14-28(32(41)42)38(17-22)31(40)24(34(3,4)5)15-30(39)45-20-9-7-8-10-20/h11-13,16,18-20,22,24,28H,7-10,14-15,17H2,1-6H3,(H,35,37)(H,41,42)/t22-,24-,28+/m1/s1. The van der Waals surface area contributed by atoms with Crippen molar-refractivity contribution in [2.24, 2.45) is 11.3 Å². The van der Waals surface area contributed by atoms with Gasteiger partial charge in [0.1, 0.15) is 35.4 Å². The third-order valence-electron chi connectivity index (χ3n) is 8.60. The minimum Gasteiger partial charge on any atom is -0.497 e. The molecule has 0 bridgehead atoms. The van der Waals surface area contributed by atoms with Crippen molar-refractivity contribution in [3.63, 3.8) is 0 Å². The van der Waals surface area contributed by atoms with Gasteiger partial charge in [0.15, 0.2) is 5.13 Å². The largest absolute Gasteiger partial charge is 0.497 e. The van der Waals surface area contributed by atoms with E-state index in [0.717, 1.165) is 36.2 Å². The Morgan fingerprint density at radius 1 is 1.09 bits per heavy atom. The number of carbonyl (C=O) groups excluding carboxylic acids is 2. The van der Waals surface area contributed by atoms with Crippen molar-refractivity contribution < 1.29 is 33.7 Å². The van der Waals surface area contributed by atoms with Gasteiger partial charge in [-0.2, -0.15) is 0 Å². The third kappa shape index (κ3) is 7.71. The van der Waals surface area contributed by atoms with E-state index in [4.69, 9.17) is 24.2 Å². The molecule has 3 heterocycles. The van der Waals surface area contributed by atoms with Crippen LogP contribution in [0.25, 0.3) is 22.3 Å². The number of methoxy groups -OCH3 is 1. The number of aromatic nitrogens is 2. The molecule has 0 spiro atoms. The second kappa shape index (κ2) is 13.8. The number of nitrogens with one attached hydrogen (secondary N) is 1. The molecule has 11 nitrogen and oxygen atoms in total. The first-order chi connectivity index (χ1) is 21.8. The normalized spacial score (nSPS) is 19.4. The number of rotatable bonds is 11. The van der Waals surface area contributed by atoms with E-state index in [1.54, 1.807) is 13.2 Å². The summed E-state index contributed by atoms with van der Waals surface area (Å²) < 4.78 is 17.6. The van der Waals surface area contributed by atoms with Gasteiger partial charge < -0.3 is 29.5 Å². The van der Waals surface area contributed by atoms with Crippen LogP contribution >= 0.6 is 11.3 Å². The summed E-state index contributed by atoms with van der Waals surface area (Å²) in [5.41, 5.74) is 1.30. The van der Waals surface area contributed by atoms with Crippen LogP contribution in [0, 0.1) is 11.3 Å². The number of esters is 1. The van der Waals surface area contributed by atoms with Gasteiger partial charge in [-0.1, -0.05) is 20.8 Å². The number of hydrogen-bond donors (Lipinski definition) is 2. The minimum absolute atomic E-state index is 0.0640. The van der Waals surface area contributed by atoms with E-state index >= 15 is 0 Å². The Bertz CT molecular complexity index is 1580. The van der Waals surface area contributed by atoms with Gasteiger partial charge in [0.05, 0.1) is 37.2 Å². The minimum atomic E-state index is -1.11. The van der Waals surface area contributed by atoms with Gasteiger partial charge in [-0.05, 0) is 57.1 Å². The molecule has 1 amide bonds. The fourth-order valence-corrected chi connectivity index (χ4v) is 7.00. The maximum Gasteiger partial charge on any atom is 0.326 e. The van der Waals surface area contributed by atoms with Crippen molar-refractivity contribution in [3.05, 3.63) is 29.6 Å². The van der Waals surface area contributed by atoms with Crippen molar-refractivity contribution in [1.29, 1.82) is 0 Å². The quantitative estimate of drug-likeness (QED) is 0.232. The smallest absolute Gasteiger partial charge is 0.326 e. The van der Waals surface area contributed by atoms with Gasteiger partial charge in [0.2, 0.25) is 5.91 Å². The summed E-state index contributed by atoms with van der Waals surface area (Å²) in [5.74, 6) is -1.53. The van der Waals surface area contributed by atoms with Crippen LogP contribution in [0.4, 0.5) is 5.13 Å². The van der Waals surface area contributed by atoms with Crippen molar-refractivity contribution in [2.75, 3.05) is 19.0 Å². The molecule has 46 heavy (non-hydrogen) atoms. The summed E-state index contributed by atoms with van der Waals surface area (Å²) in [7, 11) is 1.59. The highest BCUT2D eigenvalue weighted by Crippen LogP contribution is 2.37. The van der Waals surface area contributed by atoms with E-state index in [1.807, 2.05) is 58.2 Å². The number of fused-ring (bicyclic) bond motifs is 1. The average Bonchev–Trinajstić information content (AvgIpc) is 3.76. The molecule has 5 rings (SSSR count). The maximum atomic E-state index is 14.0. The Labute approximate surface area is 273 Å². The number of nitrogens with zero attached hydrogens (tertiary/aromatic N) is 3. The van der Waals surface area contributed by atoms with Gasteiger partial charge in [-0.15, -0.1) is 11.3 Å². The second-order valence-corrected chi connectivity index (χ2v) is 14.4. The molecule has 2 fully saturated rings. The molecule has 2 aromatic heterocycles. The first kappa shape index (κ1) is 33.4. The van der Waals surface area contributed by atoms with E-state index in [-0.39, 0.29) is 37.4 Å². The Morgan fingerprint density at radius 3 is 2.48 bits per heavy atom. The van der Waals surface area contributed by atoms with Crippen LogP contribution in [0.3, 0.4) is 0 Å². The Kier molecular flexibility index (Phi) is 10.0. The van der Waals surface area contributed by atoms with Crippen LogP contribution in [-0.2, 0) is 19.1 Å². The summed E-state index contributed by atoms with van der Waals surface area (Å²) >= 11 is 1.48. The highest BCUT2D eigenvalue weighted by atomic mass is 32.1. The van der Waals surface area contributed by atoms with E-state index in [0.29, 0.717) is 28.4 Å². The highest BCUT2D eigenvalue weighted by Gasteiger charge is 2.46. The monoisotopic (exact) mass is 652 g/mol. The van der Waals surface area contributed by atoms with Crippen molar-refractivity contribution in [3.8, 4) is 22.9 Å². The molecule has 248 valence electrons. The lowest BCUT2D eigenvalue weighted by Crippen LogP contribution is -2.47. The number of ether oxygens (including phenoxy) is 3. The molecule has 1 saturated heterocycles. The Hall–Kier alpha value is -3.93. The first-order valence-electron chi connectivity index (χ1n) is 15.9. The second-order valence-electron chi connectivity index (χ2n) is 13.6. The molecule has 12 heteroatoms.